The Kier molecular flexibility index (Phi) is 8.06. The first-order valence-electron chi connectivity index (χ1n) is 12.5. The summed E-state index contributed by atoms with van der Waals surface area (Å²) in [4.78, 5) is 35.9. The van der Waals surface area contributed by atoms with Crippen LogP contribution in [0.2, 0.25) is 0 Å². The fourth-order valence-corrected chi connectivity index (χ4v) is 5.01. The molecule has 186 valence electrons. The Labute approximate surface area is 206 Å². The van der Waals surface area contributed by atoms with E-state index >= 15 is 0 Å². The predicted octanol–water partition coefficient (Wildman–Crippen LogP) is 4.56. The van der Waals surface area contributed by atoms with E-state index in [-0.39, 0.29) is 36.7 Å². The number of ether oxygens (including phenoxy) is 1. The Balaban J connectivity index is 1.25. The number of aliphatic carboxylic acids is 1. The van der Waals surface area contributed by atoms with Gasteiger partial charge in [-0.3, -0.25) is 9.59 Å². The smallest absolute Gasteiger partial charge is 0.407 e. The van der Waals surface area contributed by atoms with Crippen LogP contribution < -0.4 is 10.6 Å². The number of hydrogen-bond donors (Lipinski definition) is 3. The summed E-state index contributed by atoms with van der Waals surface area (Å²) in [5, 5.41) is 14.7. The van der Waals surface area contributed by atoms with Crippen molar-refractivity contribution in [3.05, 3.63) is 59.7 Å². The van der Waals surface area contributed by atoms with Gasteiger partial charge in [-0.15, -0.1) is 0 Å². The van der Waals surface area contributed by atoms with Crippen LogP contribution in [0.5, 0.6) is 0 Å². The van der Waals surface area contributed by atoms with Crippen molar-refractivity contribution in [3.63, 3.8) is 0 Å². The summed E-state index contributed by atoms with van der Waals surface area (Å²) >= 11 is 0. The average Bonchev–Trinajstić information content (AvgIpc) is 3.65. The zero-order valence-electron chi connectivity index (χ0n) is 20.2. The highest BCUT2D eigenvalue weighted by Crippen LogP contribution is 2.44. The van der Waals surface area contributed by atoms with Gasteiger partial charge in [-0.1, -0.05) is 61.9 Å². The number of rotatable bonds is 12. The van der Waals surface area contributed by atoms with Crippen LogP contribution in [-0.4, -0.2) is 42.8 Å². The molecule has 2 unspecified atom stereocenters. The quantitative estimate of drug-likeness (QED) is 0.415. The van der Waals surface area contributed by atoms with Crippen LogP contribution in [0.4, 0.5) is 4.79 Å². The second-order valence-electron chi connectivity index (χ2n) is 9.68. The molecule has 35 heavy (non-hydrogen) atoms. The van der Waals surface area contributed by atoms with Crippen molar-refractivity contribution in [2.45, 2.75) is 44.9 Å². The van der Waals surface area contributed by atoms with E-state index in [9.17, 15) is 14.4 Å². The molecule has 2 aliphatic rings. The number of benzene rings is 2. The fourth-order valence-electron chi connectivity index (χ4n) is 5.01. The molecule has 0 spiro atoms. The molecule has 0 aromatic heterocycles. The van der Waals surface area contributed by atoms with Crippen LogP contribution in [0, 0.1) is 17.8 Å². The lowest BCUT2D eigenvalue weighted by atomic mass is 9.98. The molecule has 1 fully saturated rings. The molecule has 0 saturated heterocycles. The molecule has 2 aliphatic carbocycles. The Morgan fingerprint density at radius 2 is 1.57 bits per heavy atom. The number of nitrogens with one attached hydrogen (secondary N) is 2. The SMILES string of the molecule is CCC(CNC(=O)CC(CNC(=O)OCC1c2ccccc2-c2ccccc21)C1CC1)CC(=O)O. The number of carbonyl (C=O) groups is 3. The van der Waals surface area contributed by atoms with Crippen LogP contribution in [0.15, 0.2) is 48.5 Å². The fraction of sp³-hybridized carbons (Fsp3) is 0.464. The number of carboxylic acids is 1. The van der Waals surface area contributed by atoms with Crippen molar-refractivity contribution >= 4 is 18.0 Å². The molecule has 0 bridgehead atoms. The second kappa shape index (κ2) is 11.4. The van der Waals surface area contributed by atoms with Gasteiger partial charge in [-0.25, -0.2) is 4.79 Å². The maximum atomic E-state index is 12.5. The van der Waals surface area contributed by atoms with E-state index in [1.54, 1.807) is 0 Å². The minimum absolute atomic E-state index is 0.00970. The summed E-state index contributed by atoms with van der Waals surface area (Å²) in [7, 11) is 0. The maximum Gasteiger partial charge on any atom is 0.407 e. The topological polar surface area (TPSA) is 105 Å². The summed E-state index contributed by atoms with van der Waals surface area (Å²) in [5.41, 5.74) is 4.71. The average molecular weight is 479 g/mol. The third kappa shape index (κ3) is 6.41. The van der Waals surface area contributed by atoms with Crippen LogP contribution in [-0.2, 0) is 14.3 Å². The van der Waals surface area contributed by atoms with Crippen molar-refractivity contribution in [3.8, 4) is 11.1 Å². The normalized spacial score (nSPS) is 16.0. The van der Waals surface area contributed by atoms with Crippen molar-refractivity contribution in [2.24, 2.45) is 17.8 Å². The van der Waals surface area contributed by atoms with E-state index in [1.165, 1.54) is 22.3 Å². The van der Waals surface area contributed by atoms with E-state index in [2.05, 4.69) is 34.9 Å². The van der Waals surface area contributed by atoms with Gasteiger partial charge < -0.3 is 20.5 Å². The summed E-state index contributed by atoms with van der Waals surface area (Å²) in [6.45, 7) is 2.93. The number of amides is 2. The molecule has 0 radical (unpaired) electrons. The van der Waals surface area contributed by atoms with Crippen molar-refractivity contribution in [1.82, 2.24) is 10.6 Å². The van der Waals surface area contributed by atoms with Crippen LogP contribution >= 0.6 is 0 Å². The Morgan fingerprint density at radius 3 is 2.14 bits per heavy atom. The first kappa shape index (κ1) is 24.8. The van der Waals surface area contributed by atoms with Gasteiger partial charge in [0.25, 0.3) is 0 Å². The first-order valence-corrected chi connectivity index (χ1v) is 12.5. The molecule has 2 amide bonds. The monoisotopic (exact) mass is 478 g/mol. The van der Waals surface area contributed by atoms with Crippen molar-refractivity contribution < 1.29 is 24.2 Å². The Morgan fingerprint density at radius 1 is 0.943 bits per heavy atom. The van der Waals surface area contributed by atoms with Gasteiger partial charge in [-0.05, 0) is 52.8 Å². The van der Waals surface area contributed by atoms with Gasteiger partial charge in [-0.2, -0.15) is 0 Å². The van der Waals surface area contributed by atoms with E-state index in [4.69, 9.17) is 9.84 Å². The lowest BCUT2D eigenvalue weighted by Gasteiger charge is -2.19. The zero-order valence-corrected chi connectivity index (χ0v) is 20.2. The maximum absolute atomic E-state index is 12.5. The molecular formula is C28H34N2O5. The lowest BCUT2D eigenvalue weighted by molar-refractivity contribution is -0.138. The van der Waals surface area contributed by atoms with E-state index in [0.717, 1.165) is 12.8 Å². The lowest BCUT2D eigenvalue weighted by Crippen LogP contribution is -2.36. The Hall–Kier alpha value is -3.35. The van der Waals surface area contributed by atoms with E-state index < -0.39 is 12.1 Å². The molecule has 2 aromatic carbocycles. The number of carbonyl (C=O) groups excluding carboxylic acids is 2. The van der Waals surface area contributed by atoms with Gasteiger partial charge in [0.05, 0.1) is 0 Å². The largest absolute Gasteiger partial charge is 0.481 e. The molecule has 1 saturated carbocycles. The molecule has 0 heterocycles. The number of fused-ring (bicyclic) bond motifs is 3. The summed E-state index contributed by atoms with van der Waals surface area (Å²) in [6.07, 6.45) is 2.71. The molecule has 7 nitrogen and oxygen atoms in total. The third-order valence-electron chi connectivity index (χ3n) is 7.22. The minimum Gasteiger partial charge on any atom is -0.481 e. The van der Waals surface area contributed by atoms with Gasteiger partial charge >= 0.3 is 12.1 Å². The highest BCUT2D eigenvalue weighted by Gasteiger charge is 2.33. The molecule has 3 N–H and O–H groups in total. The van der Waals surface area contributed by atoms with Gasteiger partial charge in [0.2, 0.25) is 5.91 Å². The summed E-state index contributed by atoms with van der Waals surface area (Å²) in [6, 6.07) is 16.4. The van der Waals surface area contributed by atoms with Gasteiger partial charge in [0.15, 0.2) is 0 Å². The summed E-state index contributed by atoms with van der Waals surface area (Å²) < 4.78 is 5.62. The van der Waals surface area contributed by atoms with Crippen LogP contribution in [0.25, 0.3) is 11.1 Å². The third-order valence-corrected chi connectivity index (χ3v) is 7.22. The molecule has 0 aliphatic heterocycles. The molecular weight excluding hydrogens is 444 g/mol. The summed E-state index contributed by atoms with van der Waals surface area (Å²) in [5.74, 6) is -0.537. The number of carboxylic acid groups (broad SMARTS) is 1. The number of alkyl carbamates (subject to hydrolysis) is 1. The van der Waals surface area contributed by atoms with Crippen molar-refractivity contribution in [2.75, 3.05) is 19.7 Å². The highest BCUT2D eigenvalue weighted by molar-refractivity contribution is 5.79. The molecule has 4 rings (SSSR count). The van der Waals surface area contributed by atoms with Crippen LogP contribution in [0.1, 0.15) is 56.1 Å². The predicted molar refractivity (Wildman–Crippen MR) is 133 cm³/mol. The van der Waals surface area contributed by atoms with Gasteiger partial charge in [0.1, 0.15) is 6.61 Å². The van der Waals surface area contributed by atoms with E-state index in [1.807, 2.05) is 31.2 Å². The Bertz CT molecular complexity index is 1020. The zero-order chi connectivity index (χ0) is 24.8. The standard InChI is InChI=1S/C28H34N2O5/c1-2-18(13-27(32)33)15-29-26(31)14-20(19-11-12-19)16-30-28(34)35-17-25-23-9-5-3-7-21(23)22-8-4-6-10-24(22)25/h3-10,18-20,25H,2,11-17H2,1H3,(H,29,31)(H,30,34)(H,32,33). The van der Waals surface area contributed by atoms with Gasteiger partial charge in [0, 0.05) is 31.8 Å². The first-order chi connectivity index (χ1) is 17.0. The molecule has 7 heteroatoms. The van der Waals surface area contributed by atoms with E-state index in [0.29, 0.717) is 31.8 Å². The highest BCUT2D eigenvalue weighted by atomic mass is 16.5. The molecule has 2 atom stereocenters. The van der Waals surface area contributed by atoms with Crippen molar-refractivity contribution in [1.29, 1.82) is 0 Å². The second-order valence-corrected chi connectivity index (χ2v) is 9.68. The molecule has 2 aromatic rings. The minimum atomic E-state index is -0.853. The van der Waals surface area contributed by atoms with Crippen LogP contribution in [0.3, 0.4) is 0 Å². The number of hydrogen-bond acceptors (Lipinski definition) is 4.